The normalized spacial score (nSPS) is 11.5. The Bertz CT molecular complexity index is 716. The molecule has 0 heterocycles. The van der Waals surface area contributed by atoms with Crippen LogP contribution in [0.5, 0.6) is 5.75 Å². The van der Waals surface area contributed by atoms with E-state index in [1.807, 2.05) is 49.4 Å². The quantitative estimate of drug-likeness (QED) is 0.727. The zero-order valence-corrected chi connectivity index (χ0v) is 15.3. The molecule has 26 heavy (non-hydrogen) atoms. The zero-order valence-electron chi connectivity index (χ0n) is 15.3. The average molecular weight is 354 g/mol. The summed E-state index contributed by atoms with van der Waals surface area (Å²) in [6, 6.07) is 17.2. The van der Waals surface area contributed by atoms with E-state index >= 15 is 0 Å². The van der Waals surface area contributed by atoms with Gasteiger partial charge in [-0.1, -0.05) is 55.5 Å². The number of hydrogen-bond donors (Lipinski definition) is 2. The van der Waals surface area contributed by atoms with E-state index in [-0.39, 0.29) is 18.4 Å². The monoisotopic (exact) mass is 354 g/mol. The summed E-state index contributed by atoms with van der Waals surface area (Å²) >= 11 is 0. The third-order valence-corrected chi connectivity index (χ3v) is 3.89. The van der Waals surface area contributed by atoms with E-state index in [2.05, 4.69) is 22.8 Å². The summed E-state index contributed by atoms with van der Waals surface area (Å²) in [7, 11) is 0. The minimum atomic E-state index is -0.586. The topological polar surface area (TPSA) is 67.4 Å². The van der Waals surface area contributed by atoms with Crippen LogP contribution in [0, 0.1) is 0 Å². The Hall–Kier alpha value is -2.82. The van der Waals surface area contributed by atoms with Crippen LogP contribution < -0.4 is 15.4 Å². The Morgan fingerprint density at radius 1 is 1.04 bits per heavy atom. The number of hydrogen-bond acceptors (Lipinski definition) is 3. The van der Waals surface area contributed by atoms with Gasteiger partial charge in [-0.25, -0.2) is 0 Å². The number of benzene rings is 2. The SMILES string of the molecule is CCCNC(=O)[C@@H](C)NC(=O)COc1ccccc1Cc1ccccc1. The molecule has 1 atom stereocenters. The van der Waals surface area contributed by atoms with E-state index in [4.69, 9.17) is 4.74 Å². The van der Waals surface area contributed by atoms with Crippen molar-refractivity contribution < 1.29 is 14.3 Å². The van der Waals surface area contributed by atoms with Crippen LogP contribution >= 0.6 is 0 Å². The maximum Gasteiger partial charge on any atom is 0.258 e. The van der Waals surface area contributed by atoms with Crippen molar-refractivity contribution in [3.63, 3.8) is 0 Å². The van der Waals surface area contributed by atoms with Crippen molar-refractivity contribution in [2.75, 3.05) is 13.2 Å². The van der Waals surface area contributed by atoms with E-state index in [0.717, 1.165) is 18.4 Å². The maximum atomic E-state index is 12.1. The van der Waals surface area contributed by atoms with Gasteiger partial charge in [0, 0.05) is 13.0 Å². The number of carbonyl (C=O) groups is 2. The molecule has 0 aliphatic carbocycles. The van der Waals surface area contributed by atoms with Gasteiger partial charge in [0.25, 0.3) is 5.91 Å². The highest BCUT2D eigenvalue weighted by molar-refractivity contribution is 5.87. The maximum absolute atomic E-state index is 12.1. The lowest BCUT2D eigenvalue weighted by Gasteiger charge is -2.15. The van der Waals surface area contributed by atoms with Crippen LogP contribution in [0.4, 0.5) is 0 Å². The van der Waals surface area contributed by atoms with Gasteiger partial charge in [0.1, 0.15) is 11.8 Å². The van der Waals surface area contributed by atoms with Crippen molar-refractivity contribution >= 4 is 11.8 Å². The largest absolute Gasteiger partial charge is 0.483 e. The summed E-state index contributed by atoms with van der Waals surface area (Å²) in [6.45, 7) is 4.11. The fourth-order valence-electron chi connectivity index (χ4n) is 2.50. The molecule has 0 fully saturated rings. The first-order valence-corrected chi connectivity index (χ1v) is 8.92. The minimum Gasteiger partial charge on any atom is -0.483 e. The van der Waals surface area contributed by atoms with Crippen LogP contribution in [-0.4, -0.2) is 31.0 Å². The van der Waals surface area contributed by atoms with Crippen molar-refractivity contribution in [3.05, 3.63) is 65.7 Å². The first-order valence-electron chi connectivity index (χ1n) is 8.92. The number of para-hydroxylation sites is 1. The Morgan fingerprint density at radius 3 is 2.46 bits per heavy atom. The molecule has 5 heteroatoms. The van der Waals surface area contributed by atoms with Gasteiger partial charge in [0.15, 0.2) is 6.61 Å². The van der Waals surface area contributed by atoms with Crippen LogP contribution in [0.3, 0.4) is 0 Å². The number of rotatable bonds is 9. The molecule has 5 nitrogen and oxygen atoms in total. The van der Waals surface area contributed by atoms with Gasteiger partial charge in [0.05, 0.1) is 0 Å². The molecule has 2 N–H and O–H groups in total. The lowest BCUT2D eigenvalue weighted by Crippen LogP contribution is -2.46. The Labute approximate surface area is 154 Å². The van der Waals surface area contributed by atoms with Gasteiger partial charge < -0.3 is 15.4 Å². The van der Waals surface area contributed by atoms with Gasteiger partial charge in [-0.3, -0.25) is 9.59 Å². The Balaban J connectivity index is 1.89. The van der Waals surface area contributed by atoms with Gasteiger partial charge >= 0.3 is 0 Å². The molecule has 0 bridgehead atoms. The van der Waals surface area contributed by atoms with Crippen LogP contribution in [-0.2, 0) is 16.0 Å². The molecule has 0 aliphatic rings. The molecule has 0 aromatic heterocycles. The van der Waals surface area contributed by atoms with Crippen LogP contribution in [0.1, 0.15) is 31.4 Å². The molecule has 0 radical (unpaired) electrons. The highest BCUT2D eigenvalue weighted by Crippen LogP contribution is 2.21. The summed E-state index contributed by atoms with van der Waals surface area (Å²) in [5.41, 5.74) is 2.19. The number of nitrogens with one attached hydrogen (secondary N) is 2. The lowest BCUT2D eigenvalue weighted by atomic mass is 10.0. The molecule has 2 aromatic carbocycles. The van der Waals surface area contributed by atoms with Gasteiger partial charge in [0.2, 0.25) is 5.91 Å². The second-order valence-electron chi connectivity index (χ2n) is 6.14. The standard InChI is InChI=1S/C21H26N2O3/c1-3-13-22-21(25)16(2)23-20(24)15-26-19-12-8-7-11-18(19)14-17-9-5-4-6-10-17/h4-12,16H,3,13-15H2,1-2H3,(H,22,25)(H,23,24)/t16-/m1/s1. The second-order valence-corrected chi connectivity index (χ2v) is 6.14. The van der Waals surface area contributed by atoms with Crippen LogP contribution in [0.2, 0.25) is 0 Å². The molecular weight excluding hydrogens is 328 g/mol. The van der Waals surface area contributed by atoms with E-state index in [1.54, 1.807) is 6.92 Å². The fraction of sp³-hybridized carbons (Fsp3) is 0.333. The minimum absolute atomic E-state index is 0.128. The van der Waals surface area contributed by atoms with Crippen molar-refractivity contribution in [3.8, 4) is 5.75 Å². The third-order valence-electron chi connectivity index (χ3n) is 3.89. The summed E-state index contributed by atoms with van der Waals surface area (Å²) in [6.07, 6.45) is 1.59. The number of amides is 2. The van der Waals surface area contributed by atoms with Gasteiger partial charge in [-0.15, -0.1) is 0 Å². The molecule has 0 aliphatic heterocycles. The van der Waals surface area contributed by atoms with Gasteiger partial charge in [-0.05, 0) is 30.5 Å². The summed E-state index contributed by atoms with van der Waals surface area (Å²) < 4.78 is 5.69. The highest BCUT2D eigenvalue weighted by atomic mass is 16.5. The summed E-state index contributed by atoms with van der Waals surface area (Å²) in [4.78, 5) is 23.9. The Morgan fingerprint density at radius 2 is 1.73 bits per heavy atom. The van der Waals surface area contributed by atoms with Gasteiger partial charge in [-0.2, -0.15) is 0 Å². The zero-order chi connectivity index (χ0) is 18.8. The fourth-order valence-corrected chi connectivity index (χ4v) is 2.50. The average Bonchev–Trinajstić information content (AvgIpc) is 2.66. The first kappa shape index (κ1) is 19.5. The van der Waals surface area contributed by atoms with Crippen molar-refractivity contribution in [2.24, 2.45) is 0 Å². The smallest absolute Gasteiger partial charge is 0.258 e. The van der Waals surface area contributed by atoms with Crippen LogP contribution in [0.15, 0.2) is 54.6 Å². The molecular formula is C21H26N2O3. The Kier molecular flexibility index (Phi) is 7.68. The van der Waals surface area contributed by atoms with E-state index in [1.165, 1.54) is 5.56 Å². The summed E-state index contributed by atoms with van der Waals surface area (Å²) in [5.74, 6) is 0.165. The molecule has 0 spiro atoms. The predicted molar refractivity (Wildman–Crippen MR) is 102 cm³/mol. The van der Waals surface area contributed by atoms with Crippen molar-refractivity contribution in [1.29, 1.82) is 0 Å². The third kappa shape index (κ3) is 6.24. The molecule has 138 valence electrons. The molecule has 0 unspecified atom stereocenters. The first-order chi connectivity index (χ1) is 12.6. The van der Waals surface area contributed by atoms with Crippen LogP contribution in [0.25, 0.3) is 0 Å². The van der Waals surface area contributed by atoms with Crippen molar-refractivity contribution in [2.45, 2.75) is 32.7 Å². The molecule has 2 aromatic rings. The van der Waals surface area contributed by atoms with E-state index in [0.29, 0.717) is 12.3 Å². The molecule has 2 rings (SSSR count). The van der Waals surface area contributed by atoms with E-state index < -0.39 is 6.04 Å². The second kappa shape index (κ2) is 10.2. The number of carbonyl (C=O) groups excluding carboxylic acids is 2. The highest BCUT2D eigenvalue weighted by Gasteiger charge is 2.15. The molecule has 0 saturated heterocycles. The van der Waals surface area contributed by atoms with Crippen molar-refractivity contribution in [1.82, 2.24) is 10.6 Å². The lowest BCUT2D eigenvalue weighted by molar-refractivity contribution is -0.129. The molecule has 2 amide bonds. The number of ether oxygens (including phenoxy) is 1. The molecule has 0 saturated carbocycles. The van der Waals surface area contributed by atoms with E-state index in [9.17, 15) is 9.59 Å². The predicted octanol–water partition coefficient (Wildman–Crippen LogP) is 2.69. The summed E-state index contributed by atoms with van der Waals surface area (Å²) in [5, 5.41) is 5.41.